The predicted molar refractivity (Wildman–Crippen MR) is 189 cm³/mol. The van der Waals surface area contributed by atoms with Gasteiger partial charge >= 0.3 is 0 Å². The van der Waals surface area contributed by atoms with Gasteiger partial charge in [-0.05, 0) is 93.5 Å². The quantitative estimate of drug-likeness (QED) is 0.219. The first kappa shape index (κ1) is 41.6. The normalized spacial score (nSPS) is 10.7. The van der Waals surface area contributed by atoms with Crippen molar-refractivity contribution in [2.24, 2.45) is 0 Å². The van der Waals surface area contributed by atoms with E-state index in [0.29, 0.717) is 16.9 Å². The van der Waals surface area contributed by atoms with Gasteiger partial charge in [-0.15, -0.1) is 0 Å². The third-order valence-corrected chi connectivity index (χ3v) is 7.64. The lowest BCUT2D eigenvalue weighted by Crippen LogP contribution is -1.98. The van der Waals surface area contributed by atoms with Gasteiger partial charge in [0.15, 0.2) is 11.6 Å². The van der Waals surface area contributed by atoms with E-state index < -0.39 is 17.5 Å². The summed E-state index contributed by atoms with van der Waals surface area (Å²) >= 11 is 5.88. The first-order valence-electron chi connectivity index (χ1n) is 14.3. The number of rotatable bonds is 6. The van der Waals surface area contributed by atoms with Crippen LogP contribution >= 0.6 is 11.6 Å². The molecule has 0 unspecified atom stereocenters. The maximum absolute atomic E-state index is 14.3. The van der Waals surface area contributed by atoms with Crippen LogP contribution in [0.25, 0.3) is 22.3 Å². The van der Waals surface area contributed by atoms with E-state index in [9.17, 15) is 23.4 Å². The molecule has 0 saturated heterocycles. The van der Waals surface area contributed by atoms with Crippen molar-refractivity contribution >= 4 is 11.6 Å². The highest BCUT2D eigenvalue weighted by molar-refractivity contribution is 6.31. The summed E-state index contributed by atoms with van der Waals surface area (Å²) < 4.78 is 41.7. The first-order valence-corrected chi connectivity index (χ1v) is 14.7. The lowest BCUT2D eigenvalue weighted by molar-refractivity contribution is 0.454. The Bertz CT molecular complexity index is 1380. The Kier molecular flexibility index (Phi) is 16.0. The molecule has 4 aromatic carbocycles. The summed E-state index contributed by atoms with van der Waals surface area (Å²) in [5, 5.41) is 20.9. The van der Waals surface area contributed by atoms with Gasteiger partial charge in [0, 0.05) is 11.1 Å². The Morgan fingerprint density at radius 2 is 0.822 bits per heavy atom. The largest absolute Gasteiger partial charge is 0.507 e. The molecule has 0 aromatic heterocycles. The minimum absolute atomic E-state index is 0. The standard InChI is InChI=1S/C18H20ClFO.C18H20F2O.3CH4/c2*1-10(2)14-8-12(9-15(11(3)4)18(14)21)13-6-5-7-16(19)17(13)20;;;/h2*5-11,21H,1-4H3;3*1H4. The molecule has 0 amide bonds. The molecule has 248 valence electrons. The molecular weight excluding hydrogens is 593 g/mol. The van der Waals surface area contributed by atoms with Crippen molar-refractivity contribution < 1.29 is 23.4 Å². The molecule has 0 aliphatic carbocycles. The molecule has 0 saturated carbocycles. The molecule has 0 atom stereocenters. The molecule has 2 N–H and O–H groups in total. The summed E-state index contributed by atoms with van der Waals surface area (Å²) in [5.74, 6) is -1.07. The van der Waals surface area contributed by atoms with E-state index in [2.05, 4.69) is 0 Å². The highest BCUT2D eigenvalue weighted by Gasteiger charge is 2.19. The molecule has 0 spiro atoms. The minimum Gasteiger partial charge on any atom is -0.507 e. The molecule has 0 aliphatic rings. The van der Waals surface area contributed by atoms with Crippen LogP contribution in [0.1, 0.15) is 124 Å². The van der Waals surface area contributed by atoms with E-state index in [0.717, 1.165) is 33.9 Å². The van der Waals surface area contributed by atoms with Crippen LogP contribution in [0.2, 0.25) is 5.02 Å². The highest BCUT2D eigenvalue weighted by atomic mass is 35.5. The maximum atomic E-state index is 14.3. The van der Waals surface area contributed by atoms with Crippen molar-refractivity contribution in [3.8, 4) is 33.8 Å². The van der Waals surface area contributed by atoms with Gasteiger partial charge in [-0.2, -0.15) is 0 Å². The van der Waals surface area contributed by atoms with Gasteiger partial charge in [0.1, 0.15) is 17.3 Å². The summed E-state index contributed by atoms with van der Waals surface area (Å²) in [6.45, 7) is 15.9. The Morgan fingerprint density at radius 1 is 0.511 bits per heavy atom. The van der Waals surface area contributed by atoms with Crippen LogP contribution in [0, 0.1) is 17.5 Å². The van der Waals surface area contributed by atoms with E-state index in [1.165, 1.54) is 12.1 Å². The van der Waals surface area contributed by atoms with Crippen LogP contribution in [-0.2, 0) is 0 Å². The molecule has 2 nitrogen and oxygen atoms in total. The number of aromatic hydroxyl groups is 2. The number of hydrogen-bond donors (Lipinski definition) is 2. The van der Waals surface area contributed by atoms with E-state index >= 15 is 0 Å². The van der Waals surface area contributed by atoms with Gasteiger partial charge in [0.2, 0.25) is 0 Å². The average molecular weight is 645 g/mol. The van der Waals surface area contributed by atoms with Gasteiger partial charge in [0.25, 0.3) is 0 Å². The Labute approximate surface area is 274 Å². The molecule has 4 rings (SSSR count). The molecule has 0 radical (unpaired) electrons. The Hall–Kier alpha value is -3.44. The second-order valence-electron chi connectivity index (χ2n) is 11.8. The van der Waals surface area contributed by atoms with E-state index in [1.54, 1.807) is 30.3 Å². The molecule has 0 bridgehead atoms. The van der Waals surface area contributed by atoms with E-state index in [1.807, 2.05) is 67.5 Å². The van der Waals surface area contributed by atoms with Crippen LogP contribution in [0.15, 0.2) is 60.7 Å². The smallest absolute Gasteiger partial charge is 0.166 e. The summed E-state index contributed by atoms with van der Waals surface area (Å²) in [4.78, 5) is 0. The maximum Gasteiger partial charge on any atom is 0.166 e. The topological polar surface area (TPSA) is 40.5 Å². The van der Waals surface area contributed by atoms with Gasteiger partial charge in [0.05, 0.1) is 5.02 Å². The van der Waals surface area contributed by atoms with Crippen molar-refractivity contribution in [1.29, 1.82) is 0 Å². The summed E-state index contributed by atoms with van der Waals surface area (Å²) in [5.41, 5.74) is 5.19. The van der Waals surface area contributed by atoms with Gasteiger partial charge < -0.3 is 10.2 Å². The SMILES string of the molecule is C.C.C.CC(C)c1cc(-c2cccc(Cl)c2F)cc(C(C)C)c1O.CC(C)c1cc(-c2cccc(F)c2F)cc(C(C)C)c1O. The van der Waals surface area contributed by atoms with Gasteiger partial charge in [-0.3, -0.25) is 0 Å². The number of hydrogen-bond acceptors (Lipinski definition) is 2. The Balaban J connectivity index is 0.000000807. The summed E-state index contributed by atoms with van der Waals surface area (Å²) in [6, 6.07) is 16.3. The lowest BCUT2D eigenvalue weighted by atomic mass is 9.89. The zero-order chi connectivity index (χ0) is 31.5. The molecule has 0 aliphatic heterocycles. The summed E-state index contributed by atoms with van der Waals surface area (Å²) in [6.07, 6.45) is 0. The molecule has 45 heavy (non-hydrogen) atoms. The number of benzene rings is 4. The summed E-state index contributed by atoms with van der Waals surface area (Å²) in [7, 11) is 0. The van der Waals surface area contributed by atoms with Crippen LogP contribution in [-0.4, -0.2) is 10.2 Å². The van der Waals surface area contributed by atoms with Crippen LogP contribution in [0.3, 0.4) is 0 Å². The molecular formula is C39H52ClF3O2. The zero-order valence-electron chi connectivity index (χ0n) is 25.5. The van der Waals surface area contributed by atoms with Gasteiger partial charge in [-0.1, -0.05) is 114 Å². The number of halogens is 4. The van der Waals surface area contributed by atoms with E-state index in [4.69, 9.17) is 11.6 Å². The van der Waals surface area contributed by atoms with Crippen molar-refractivity contribution in [2.45, 2.75) is 101 Å². The molecule has 0 heterocycles. The fourth-order valence-electron chi connectivity index (χ4n) is 4.89. The van der Waals surface area contributed by atoms with Crippen molar-refractivity contribution in [1.82, 2.24) is 0 Å². The van der Waals surface area contributed by atoms with E-state index in [-0.39, 0.29) is 62.3 Å². The monoisotopic (exact) mass is 644 g/mol. The average Bonchev–Trinajstić information content (AvgIpc) is 2.92. The molecule has 0 fully saturated rings. The number of phenolic OH excluding ortho intramolecular Hbond substituents is 2. The fourth-order valence-corrected chi connectivity index (χ4v) is 5.06. The molecule has 6 heteroatoms. The second kappa shape index (κ2) is 17.3. The van der Waals surface area contributed by atoms with Crippen LogP contribution in [0.4, 0.5) is 13.2 Å². The van der Waals surface area contributed by atoms with Crippen LogP contribution < -0.4 is 0 Å². The third-order valence-electron chi connectivity index (χ3n) is 7.35. The van der Waals surface area contributed by atoms with Gasteiger partial charge in [-0.25, -0.2) is 13.2 Å². The minimum atomic E-state index is -0.863. The van der Waals surface area contributed by atoms with Crippen molar-refractivity contribution in [3.05, 3.63) is 105 Å². The lowest BCUT2D eigenvalue weighted by Gasteiger charge is -2.18. The highest BCUT2D eigenvalue weighted by Crippen LogP contribution is 2.40. The third kappa shape index (κ3) is 9.29. The second-order valence-corrected chi connectivity index (χ2v) is 12.2. The predicted octanol–water partition coefficient (Wildman–Crippen LogP) is 13.6. The first-order chi connectivity index (χ1) is 19.6. The Morgan fingerprint density at radius 3 is 1.16 bits per heavy atom. The van der Waals surface area contributed by atoms with Crippen molar-refractivity contribution in [2.75, 3.05) is 0 Å². The fraction of sp³-hybridized carbons (Fsp3) is 0.385. The van der Waals surface area contributed by atoms with Crippen molar-refractivity contribution in [3.63, 3.8) is 0 Å². The molecule has 4 aromatic rings. The zero-order valence-corrected chi connectivity index (χ0v) is 26.2. The van der Waals surface area contributed by atoms with Crippen LogP contribution in [0.5, 0.6) is 11.5 Å². The number of phenols is 2.